The molecule has 0 atom stereocenters. The molecule has 2 aromatic heterocycles. The predicted molar refractivity (Wildman–Crippen MR) is 116 cm³/mol. The SMILES string of the molecule is Cn1c(=O)c(-n2ccc3ccc(F)cc32)c(-c2ccccc2)c2cc(Cl)ccc21. The van der Waals surface area contributed by atoms with Crippen LogP contribution in [0.1, 0.15) is 0 Å². The zero-order chi connectivity index (χ0) is 20.1. The maximum atomic E-state index is 14.0. The molecule has 0 spiro atoms. The first-order valence-corrected chi connectivity index (χ1v) is 9.57. The molecule has 0 N–H and O–H groups in total. The molecule has 3 nitrogen and oxygen atoms in total. The van der Waals surface area contributed by atoms with E-state index in [4.69, 9.17) is 11.6 Å². The monoisotopic (exact) mass is 402 g/mol. The lowest BCUT2D eigenvalue weighted by Crippen LogP contribution is -2.23. The molecule has 142 valence electrons. The van der Waals surface area contributed by atoms with Gasteiger partial charge in [0.15, 0.2) is 0 Å². The Morgan fingerprint density at radius 3 is 2.48 bits per heavy atom. The van der Waals surface area contributed by atoms with E-state index < -0.39 is 0 Å². The fourth-order valence-electron chi connectivity index (χ4n) is 3.92. The normalized spacial score (nSPS) is 11.4. The highest BCUT2D eigenvalue weighted by Gasteiger charge is 2.20. The molecule has 0 aliphatic carbocycles. The van der Waals surface area contributed by atoms with Crippen molar-refractivity contribution in [2.75, 3.05) is 0 Å². The van der Waals surface area contributed by atoms with Gasteiger partial charge >= 0.3 is 0 Å². The van der Waals surface area contributed by atoms with E-state index >= 15 is 0 Å². The van der Waals surface area contributed by atoms with Gasteiger partial charge in [-0.1, -0.05) is 41.9 Å². The maximum absolute atomic E-state index is 14.0. The number of halogens is 2. The number of aryl methyl sites for hydroxylation is 1. The molecule has 5 aromatic rings. The molecule has 3 aromatic carbocycles. The van der Waals surface area contributed by atoms with E-state index in [1.807, 2.05) is 54.7 Å². The van der Waals surface area contributed by atoms with Crippen LogP contribution >= 0.6 is 11.6 Å². The minimum Gasteiger partial charge on any atom is -0.311 e. The first kappa shape index (κ1) is 17.7. The van der Waals surface area contributed by atoms with Crippen LogP contribution in [-0.4, -0.2) is 9.13 Å². The van der Waals surface area contributed by atoms with Crippen LogP contribution < -0.4 is 5.56 Å². The van der Waals surface area contributed by atoms with Crippen molar-refractivity contribution in [3.63, 3.8) is 0 Å². The molecule has 0 amide bonds. The molecule has 0 bridgehead atoms. The Balaban J connectivity index is 2.01. The number of fused-ring (bicyclic) bond motifs is 2. The van der Waals surface area contributed by atoms with E-state index in [1.165, 1.54) is 12.1 Å². The first-order valence-electron chi connectivity index (χ1n) is 9.19. The van der Waals surface area contributed by atoms with Gasteiger partial charge in [-0.2, -0.15) is 0 Å². The lowest BCUT2D eigenvalue weighted by Gasteiger charge is -2.18. The molecular formula is C24H16ClFN2O. The van der Waals surface area contributed by atoms with E-state index in [2.05, 4.69) is 0 Å². The second-order valence-corrected chi connectivity index (χ2v) is 7.44. The fraction of sp³-hybridized carbons (Fsp3) is 0.0417. The largest absolute Gasteiger partial charge is 0.311 e. The van der Waals surface area contributed by atoms with Gasteiger partial charge in [0.05, 0.1) is 11.0 Å². The van der Waals surface area contributed by atoms with Crippen molar-refractivity contribution in [1.82, 2.24) is 9.13 Å². The number of hydrogen-bond donors (Lipinski definition) is 0. The van der Waals surface area contributed by atoms with Crippen LogP contribution in [0.3, 0.4) is 0 Å². The summed E-state index contributed by atoms with van der Waals surface area (Å²) in [6.07, 6.45) is 1.81. The molecule has 0 aliphatic heterocycles. The van der Waals surface area contributed by atoms with Crippen molar-refractivity contribution in [2.24, 2.45) is 7.05 Å². The van der Waals surface area contributed by atoms with Crippen LogP contribution in [0.15, 0.2) is 83.8 Å². The van der Waals surface area contributed by atoms with Gasteiger partial charge in [0.1, 0.15) is 11.5 Å². The molecule has 0 saturated carbocycles. The Morgan fingerprint density at radius 2 is 1.69 bits per heavy atom. The molecule has 0 saturated heterocycles. The summed E-state index contributed by atoms with van der Waals surface area (Å²) in [5.74, 6) is -0.348. The van der Waals surface area contributed by atoms with Crippen molar-refractivity contribution in [1.29, 1.82) is 0 Å². The van der Waals surface area contributed by atoms with Crippen LogP contribution in [0, 0.1) is 5.82 Å². The maximum Gasteiger partial charge on any atom is 0.275 e. The Hall–Kier alpha value is -3.37. The summed E-state index contributed by atoms with van der Waals surface area (Å²) in [6.45, 7) is 0. The van der Waals surface area contributed by atoms with Crippen LogP contribution in [0.25, 0.3) is 38.6 Å². The molecule has 5 heteroatoms. The van der Waals surface area contributed by atoms with Crippen LogP contribution in [-0.2, 0) is 7.05 Å². The number of pyridine rings is 1. The Labute approximate surface area is 171 Å². The second-order valence-electron chi connectivity index (χ2n) is 7.00. The van der Waals surface area contributed by atoms with Crippen LogP contribution in [0.5, 0.6) is 0 Å². The lowest BCUT2D eigenvalue weighted by molar-refractivity contribution is 0.629. The average molecular weight is 403 g/mol. The number of rotatable bonds is 2. The molecule has 0 unspecified atom stereocenters. The van der Waals surface area contributed by atoms with Crippen molar-refractivity contribution in [2.45, 2.75) is 0 Å². The Kier molecular flexibility index (Phi) is 4.03. The minimum atomic E-state index is -0.348. The van der Waals surface area contributed by atoms with Gasteiger partial charge in [-0.05, 0) is 48.0 Å². The minimum absolute atomic E-state index is 0.166. The fourth-order valence-corrected chi connectivity index (χ4v) is 4.09. The van der Waals surface area contributed by atoms with Gasteiger partial charge in [0, 0.05) is 34.6 Å². The zero-order valence-electron chi connectivity index (χ0n) is 15.6. The summed E-state index contributed by atoms with van der Waals surface area (Å²) in [7, 11) is 1.74. The smallest absolute Gasteiger partial charge is 0.275 e. The molecule has 0 radical (unpaired) electrons. The molecule has 0 fully saturated rings. The van der Waals surface area contributed by atoms with E-state index in [9.17, 15) is 9.18 Å². The summed E-state index contributed by atoms with van der Waals surface area (Å²) in [4.78, 5) is 13.5. The van der Waals surface area contributed by atoms with Gasteiger partial charge in [0.2, 0.25) is 0 Å². The molecule has 29 heavy (non-hydrogen) atoms. The summed E-state index contributed by atoms with van der Waals surface area (Å²) in [5, 5.41) is 2.31. The summed E-state index contributed by atoms with van der Waals surface area (Å²) < 4.78 is 17.4. The van der Waals surface area contributed by atoms with Crippen molar-refractivity contribution < 1.29 is 4.39 Å². The highest BCUT2D eigenvalue weighted by molar-refractivity contribution is 6.31. The standard InChI is InChI=1S/C24H16ClFN2O/c1-27-20-10-8-17(25)13-19(20)22(16-5-3-2-4-6-16)23(24(27)29)28-12-11-15-7-9-18(26)14-21(15)28/h2-14H,1H3. The number of benzene rings is 3. The van der Waals surface area contributed by atoms with E-state index in [0.29, 0.717) is 16.2 Å². The molecule has 5 rings (SSSR count). The molecular weight excluding hydrogens is 387 g/mol. The van der Waals surface area contributed by atoms with Gasteiger partial charge in [-0.3, -0.25) is 4.79 Å². The number of nitrogens with zero attached hydrogens (tertiary/aromatic N) is 2. The van der Waals surface area contributed by atoms with E-state index in [1.54, 1.807) is 28.3 Å². The Morgan fingerprint density at radius 1 is 0.897 bits per heavy atom. The summed E-state index contributed by atoms with van der Waals surface area (Å²) in [6, 6.07) is 21.7. The van der Waals surface area contributed by atoms with Crippen molar-refractivity contribution >= 4 is 33.4 Å². The average Bonchev–Trinajstić information content (AvgIpc) is 3.13. The highest BCUT2D eigenvalue weighted by atomic mass is 35.5. The van der Waals surface area contributed by atoms with Crippen LogP contribution in [0.4, 0.5) is 4.39 Å². The third-order valence-corrected chi connectivity index (χ3v) is 5.53. The second kappa shape index (κ2) is 6.61. The highest BCUT2D eigenvalue weighted by Crippen LogP contribution is 2.35. The third kappa shape index (κ3) is 2.76. The number of aromatic nitrogens is 2. The lowest BCUT2D eigenvalue weighted by atomic mass is 9.98. The van der Waals surface area contributed by atoms with Gasteiger partial charge < -0.3 is 9.13 Å². The van der Waals surface area contributed by atoms with E-state index in [0.717, 1.165) is 27.4 Å². The zero-order valence-corrected chi connectivity index (χ0v) is 16.3. The molecule has 2 heterocycles. The number of hydrogen-bond acceptors (Lipinski definition) is 1. The predicted octanol–water partition coefficient (Wildman–Crippen LogP) is 5.94. The molecule has 0 aliphatic rings. The summed E-state index contributed by atoms with van der Waals surface area (Å²) >= 11 is 6.32. The van der Waals surface area contributed by atoms with Gasteiger partial charge in [-0.25, -0.2) is 4.39 Å². The van der Waals surface area contributed by atoms with E-state index in [-0.39, 0.29) is 11.4 Å². The first-order chi connectivity index (χ1) is 14.0. The van der Waals surface area contributed by atoms with Gasteiger partial charge in [0.25, 0.3) is 5.56 Å². The van der Waals surface area contributed by atoms with Crippen molar-refractivity contribution in [3.8, 4) is 16.8 Å². The van der Waals surface area contributed by atoms with Gasteiger partial charge in [-0.15, -0.1) is 0 Å². The van der Waals surface area contributed by atoms with Crippen LogP contribution in [0.2, 0.25) is 5.02 Å². The summed E-state index contributed by atoms with van der Waals surface area (Å²) in [5.41, 5.74) is 3.39. The van der Waals surface area contributed by atoms with Crippen molar-refractivity contribution in [3.05, 3.63) is 100 Å². The quantitative estimate of drug-likeness (QED) is 0.359. The third-order valence-electron chi connectivity index (χ3n) is 5.29. The topological polar surface area (TPSA) is 26.9 Å². The Bertz CT molecular complexity index is 1450.